The Balaban J connectivity index is 3.48. The molecule has 0 spiro atoms. The Kier molecular flexibility index (Phi) is 4.28. The lowest BCUT2D eigenvalue weighted by Gasteiger charge is -2.17. The normalized spacial score (nSPS) is 12.3. The van der Waals surface area contributed by atoms with Gasteiger partial charge in [0.2, 0.25) is 0 Å². The SMILES string of the molecule is CC(C)c1cc(C(=O)C(F)(F)F)cc(C(C)C)c1O. The van der Waals surface area contributed by atoms with E-state index in [-0.39, 0.29) is 17.6 Å². The second-order valence-corrected chi connectivity index (χ2v) is 5.14. The van der Waals surface area contributed by atoms with Crippen LogP contribution in [0.2, 0.25) is 0 Å². The van der Waals surface area contributed by atoms with Crippen LogP contribution < -0.4 is 0 Å². The zero-order valence-electron chi connectivity index (χ0n) is 11.3. The summed E-state index contributed by atoms with van der Waals surface area (Å²) in [5.41, 5.74) is 0.301. The van der Waals surface area contributed by atoms with Gasteiger partial charge in [-0.3, -0.25) is 4.79 Å². The van der Waals surface area contributed by atoms with Gasteiger partial charge in [-0.1, -0.05) is 27.7 Å². The molecule has 106 valence electrons. The smallest absolute Gasteiger partial charge is 0.454 e. The number of phenols is 1. The molecule has 0 bridgehead atoms. The van der Waals surface area contributed by atoms with Gasteiger partial charge in [-0.05, 0) is 35.1 Å². The Morgan fingerprint density at radius 2 is 1.42 bits per heavy atom. The van der Waals surface area contributed by atoms with E-state index in [0.29, 0.717) is 11.1 Å². The van der Waals surface area contributed by atoms with E-state index in [2.05, 4.69) is 0 Å². The molecule has 0 saturated heterocycles. The maximum atomic E-state index is 12.5. The summed E-state index contributed by atoms with van der Waals surface area (Å²) < 4.78 is 37.5. The van der Waals surface area contributed by atoms with E-state index in [1.165, 1.54) is 0 Å². The lowest BCUT2D eigenvalue weighted by molar-refractivity contribution is -0.0885. The van der Waals surface area contributed by atoms with E-state index in [1.807, 2.05) is 0 Å². The highest BCUT2D eigenvalue weighted by Gasteiger charge is 2.39. The summed E-state index contributed by atoms with van der Waals surface area (Å²) >= 11 is 0. The average molecular weight is 274 g/mol. The Labute approximate surface area is 110 Å². The molecule has 1 aromatic rings. The molecular weight excluding hydrogens is 257 g/mol. The first kappa shape index (κ1) is 15.5. The van der Waals surface area contributed by atoms with Crippen LogP contribution in [-0.2, 0) is 0 Å². The Bertz CT molecular complexity index is 459. The minimum Gasteiger partial charge on any atom is -0.507 e. The van der Waals surface area contributed by atoms with Gasteiger partial charge >= 0.3 is 6.18 Å². The maximum absolute atomic E-state index is 12.5. The zero-order chi connectivity index (χ0) is 15.0. The highest BCUT2D eigenvalue weighted by atomic mass is 19.4. The van der Waals surface area contributed by atoms with Crippen LogP contribution in [-0.4, -0.2) is 17.1 Å². The second kappa shape index (κ2) is 5.23. The molecule has 1 aromatic carbocycles. The summed E-state index contributed by atoms with van der Waals surface area (Å²) in [5.74, 6) is -2.24. The van der Waals surface area contributed by atoms with Crippen LogP contribution >= 0.6 is 0 Å². The average Bonchev–Trinajstić information content (AvgIpc) is 2.26. The largest absolute Gasteiger partial charge is 0.507 e. The molecule has 5 heteroatoms. The molecule has 2 nitrogen and oxygen atoms in total. The third-order valence-corrected chi connectivity index (χ3v) is 2.93. The molecule has 0 radical (unpaired) electrons. The number of phenolic OH excluding ortho intramolecular Hbond substituents is 1. The number of carbonyl (C=O) groups excluding carboxylic acids is 1. The molecule has 0 atom stereocenters. The van der Waals surface area contributed by atoms with Crippen molar-refractivity contribution in [1.29, 1.82) is 0 Å². The van der Waals surface area contributed by atoms with E-state index < -0.39 is 17.5 Å². The van der Waals surface area contributed by atoms with Crippen molar-refractivity contribution in [2.24, 2.45) is 0 Å². The molecule has 1 N–H and O–H groups in total. The molecule has 0 aliphatic heterocycles. The molecule has 0 heterocycles. The van der Waals surface area contributed by atoms with E-state index in [9.17, 15) is 23.1 Å². The van der Waals surface area contributed by atoms with Crippen molar-refractivity contribution in [1.82, 2.24) is 0 Å². The number of hydrogen-bond acceptors (Lipinski definition) is 2. The summed E-state index contributed by atoms with van der Waals surface area (Å²) in [6.45, 7) is 7.00. The number of rotatable bonds is 3. The van der Waals surface area contributed by atoms with E-state index in [4.69, 9.17) is 0 Å². The predicted octanol–water partition coefficient (Wildman–Crippen LogP) is 4.38. The van der Waals surface area contributed by atoms with Gasteiger partial charge in [-0.2, -0.15) is 13.2 Å². The van der Waals surface area contributed by atoms with E-state index in [0.717, 1.165) is 12.1 Å². The Morgan fingerprint density at radius 1 is 1.05 bits per heavy atom. The highest BCUT2D eigenvalue weighted by molar-refractivity contribution is 6.00. The van der Waals surface area contributed by atoms with Gasteiger partial charge in [-0.15, -0.1) is 0 Å². The van der Waals surface area contributed by atoms with Gasteiger partial charge in [0, 0.05) is 5.56 Å². The van der Waals surface area contributed by atoms with Crippen LogP contribution in [0, 0.1) is 0 Å². The number of benzene rings is 1. The van der Waals surface area contributed by atoms with Gasteiger partial charge in [0.25, 0.3) is 5.78 Å². The molecule has 1 rings (SSSR count). The molecule has 0 saturated carbocycles. The zero-order valence-corrected chi connectivity index (χ0v) is 11.3. The van der Waals surface area contributed by atoms with Crippen molar-refractivity contribution in [2.75, 3.05) is 0 Å². The Hall–Kier alpha value is -1.52. The molecule has 0 aromatic heterocycles. The monoisotopic (exact) mass is 274 g/mol. The molecule has 0 aliphatic carbocycles. The molecule has 0 amide bonds. The van der Waals surface area contributed by atoms with Crippen molar-refractivity contribution in [2.45, 2.75) is 45.7 Å². The summed E-state index contributed by atoms with van der Waals surface area (Å²) in [7, 11) is 0. The van der Waals surface area contributed by atoms with Crippen molar-refractivity contribution < 1.29 is 23.1 Å². The predicted molar refractivity (Wildman–Crippen MR) is 66.7 cm³/mol. The van der Waals surface area contributed by atoms with Crippen LogP contribution in [0.4, 0.5) is 13.2 Å². The first-order valence-electron chi connectivity index (χ1n) is 6.04. The standard InChI is InChI=1S/C14H17F3O2/c1-7(2)10-5-9(13(19)14(15,16)17)6-11(8(3)4)12(10)18/h5-8,18H,1-4H3. The van der Waals surface area contributed by atoms with Crippen LogP contribution in [0.3, 0.4) is 0 Å². The first-order chi connectivity index (χ1) is 8.55. The highest BCUT2D eigenvalue weighted by Crippen LogP contribution is 2.36. The van der Waals surface area contributed by atoms with Crippen LogP contribution in [0.25, 0.3) is 0 Å². The topological polar surface area (TPSA) is 37.3 Å². The number of halogens is 3. The van der Waals surface area contributed by atoms with Crippen molar-refractivity contribution in [3.8, 4) is 5.75 Å². The molecule has 0 aliphatic rings. The molecule has 0 fully saturated rings. The third-order valence-electron chi connectivity index (χ3n) is 2.93. The van der Waals surface area contributed by atoms with Gasteiger partial charge in [-0.25, -0.2) is 0 Å². The quantitative estimate of drug-likeness (QED) is 0.830. The maximum Gasteiger partial charge on any atom is 0.454 e. The van der Waals surface area contributed by atoms with E-state index >= 15 is 0 Å². The summed E-state index contributed by atoms with van der Waals surface area (Å²) in [6, 6.07) is 2.25. The van der Waals surface area contributed by atoms with Crippen LogP contribution in [0.1, 0.15) is 61.0 Å². The van der Waals surface area contributed by atoms with Crippen molar-refractivity contribution in [3.63, 3.8) is 0 Å². The third kappa shape index (κ3) is 3.28. The summed E-state index contributed by atoms with van der Waals surface area (Å²) in [5, 5.41) is 10.0. The first-order valence-corrected chi connectivity index (χ1v) is 6.04. The lowest BCUT2D eigenvalue weighted by Crippen LogP contribution is -2.23. The number of hydrogen-bond donors (Lipinski definition) is 1. The van der Waals surface area contributed by atoms with Gasteiger partial charge in [0.15, 0.2) is 0 Å². The fourth-order valence-corrected chi connectivity index (χ4v) is 1.86. The van der Waals surface area contributed by atoms with Crippen LogP contribution in [0.5, 0.6) is 5.75 Å². The number of alkyl halides is 3. The Morgan fingerprint density at radius 3 is 1.68 bits per heavy atom. The van der Waals surface area contributed by atoms with Crippen molar-refractivity contribution >= 4 is 5.78 Å². The van der Waals surface area contributed by atoms with Crippen molar-refractivity contribution in [3.05, 3.63) is 28.8 Å². The van der Waals surface area contributed by atoms with Gasteiger partial charge in [0.05, 0.1) is 0 Å². The van der Waals surface area contributed by atoms with Gasteiger partial charge in [0.1, 0.15) is 5.75 Å². The molecular formula is C14H17F3O2. The number of ketones is 1. The molecule has 19 heavy (non-hydrogen) atoms. The van der Waals surface area contributed by atoms with E-state index in [1.54, 1.807) is 27.7 Å². The van der Waals surface area contributed by atoms with Gasteiger partial charge < -0.3 is 5.11 Å². The minimum absolute atomic E-state index is 0.0243. The number of Topliss-reactive ketones (excluding diaryl/α,β-unsaturated/α-hetero) is 1. The minimum atomic E-state index is -4.90. The fraction of sp³-hybridized carbons (Fsp3) is 0.500. The van der Waals surface area contributed by atoms with Crippen LogP contribution in [0.15, 0.2) is 12.1 Å². The molecule has 0 unspecified atom stereocenters. The summed E-state index contributed by atoms with van der Waals surface area (Å²) in [4.78, 5) is 11.3. The number of carbonyl (C=O) groups is 1. The summed E-state index contributed by atoms with van der Waals surface area (Å²) in [6.07, 6.45) is -4.90. The fourth-order valence-electron chi connectivity index (χ4n) is 1.86. The number of aromatic hydroxyl groups is 1. The lowest BCUT2D eigenvalue weighted by atomic mass is 9.90. The second-order valence-electron chi connectivity index (χ2n) is 5.14.